The first-order valence-electron chi connectivity index (χ1n) is 6.43. The molecule has 0 spiro atoms. The van der Waals surface area contributed by atoms with E-state index in [1.165, 1.54) is 23.5 Å². The Morgan fingerprint density at radius 3 is 2.48 bits per heavy atom. The number of aromatic nitrogens is 1. The van der Waals surface area contributed by atoms with E-state index in [0.29, 0.717) is 11.5 Å². The smallest absolute Gasteiger partial charge is 0.221 e. The van der Waals surface area contributed by atoms with Crippen LogP contribution in [0.1, 0.15) is 30.0 Å². The van der Waals surface area contributed by atoms with Gasteiger partial charge in [0.1, 0.15) is 11.6 Å². The number of hydrogen-bond acceptors (Lipinski definition) is 4. The molecular weight excluding hydrogens is 295 g/mol. The van der Waals surface area contributed by atoms with Crippen LogP contribution in [0.5, 0.6) is 0 Å². The quantitative estimate of drug-likeness (QED) is 0.851. The van der Waals surface area contributed by atoms with Crippen LogP contribution in [0.3, 0.4) is 0 Å². The van der Waals surface area contributed by atoms with Crippen molar-refractivity contribution in [2.45, 2.75) is 25.6 Å². The first-order chi connectivity index (χ1) is 9.79. The number of sulfonamides is 1. The van der Waals surface area contributed by atoms with E-state index in [2.05, 4.69) is 5.16 Å². The summed E-state index contributed by atoms with van der Waals surface area (Å²) in [7, 11) is -2.06. The molecule has 1 aromatic heterocycles. The van der Waals surface area contributed by atoms with Gasteiger partial charge in [-0.2, -0.15) is 4.31 Å². The lowest BCUT2D eigenvalue weighted by Gasteiger charge is -2.24. The Balaban J connectivity index is 2.17. The molecule has 2 rings (SSSR count). The molecule has 0 aliphatic rings. The van der Waals surface area contributed by atoms with Gasteiger partial charge in [-0.15, -0.1) is 0 Å². The van der Waals surface area contributed by atoms with Crippen LogP contribution in [0.2, 0.25) is 0 Å². The highest BCUT2D eigenvalue weighted by Crippen LogP contribution is 2.23. The van der Waals surface area contributed by atoms with E-state index in [4.69, 9.17) is 4.52 Å². The first-order valence-corrected chi connectivity index (χ1v) is 8.04. The predicted molar refractivity (Wildman–Crippen MR) is 76.4 cm³/mol. The summed E-state index contributed by atoms with van der Waals surface area (Å²) in [4.78, 5) is 0. The molecule has 0 aliphatic heterocycles. The van der Waals surface area contributed by atoms with Gasteiger partial charge < -0.3 is 4.52 Å². The van der Waals surface area contributed by atoms with Gasteiger partial charge in [-0.3, -0.25) is 0 Å². The van der Waals surface area contributed by atoms with E-state index in [1.54, 1.807) is 32.0 Å². The van der Waals surface area contributed by atoms with Crippen LogP contribution in [0, 0.1) is 12.7 Å². The van der Waals surface area contributed by atoms with Crippen LogP contribution in [0.15, 0.2) is 34.9 Å². The summed E-state index contributed by atoms with van der Waals surface area (Å²) in [6, 6.07) is 6.96. The van der Waals surface area contributed by atoms with Gasteiger partial charge in [-0.1, -0.05) is 17.3 Å². The summed E-state index contributed by atoms with van der Waals surface area (Å²) < 4.78 is 43.8. The average molecular weight is 312 g/mol. The van der Waals surface area contributed by atoms with E-state index in [1.807, 2.05) is 0 Å². The van der Waals surface area contributed by atoms with E-state index >= 15 is 0 Å². The lowest BCUT2D eigenvalue weighted by atomic mass is 10.1. The highest BCUT2D eigenvalue weighted by atomic mass is 32.2. The van der Waals surface area contributed by atoms with Crippen molar-refractivity contribution in [2.75, 3.05) is 7.05 Å². The van der Waals surface area contributed by atoms with Gasteiger partial charge in [-0.05, 0) is 31.5 Å². The van der Waals surface area contributed by atoms with Crippen LogP contribution >= 0.6 is 0 Å². The van der Waals surface area contributed by atoms with Gasteiger partial charge in [0.2, 0.25) is 10.0 Å². The number of halogens is 1. The zero-order valence-electron chi connectivity index (χ0n) is 12.1. The summed E-state index contributed by atoms with van der Waals surface area (Å²) in [5.41, 5.74) is 1.35. The molecule has 114 valence electrons. The van der Waals surface area contributed by atoms with Crippen molar-refractivity contribution in [2.24, 2.45) is 0 Å². The zero-order valence-corrected chi connectivity index (χ0v) is 12.9. The standard InChI is InChI=1S/C14H17FN2O3S/c1-10-8-14(20-16-10)9-21(18,19)17(3)11(2)12-4-6-13(15)7-5-12/h4-8,11H,9H2,1-3H3/t11-/m1/s1. The largest absolute Gasteiger partial charge is 0.360 e. The molecule has 1 aromatic carbocycles. The summed E-state index contributed by atoms with van der Waals surface area (Å²) in [6.45, 7) is 3.47. The molecule has 0 unspecified atom stereocenters. The van der Waals surface area contributed by atoms with Crippen LogP contribution in [-0.2, 0) is 15.8 Å². The highest BCUT2D eigenvalue weighted by Gasteiger charge is 2.26. The minimum atomic E-state index is -3.55. The fraction of sp³-hybridized carbons (Fsp3) is 0.357. The van der Waals surface area contributed by atoms with Crippen LogP contribution in [-0.4, -0.2) is 24.9 Å². The number of benzene rings is 1. The van der Waals surface area contributed by atoms with Crippen LogP contribution < -0.4 is 0 Å². The van der Waals surface area contributed by atoms with Crippen molar-refractivity contribution in [3.63, 3.8) is 0 Å². The molecule has 0 fully saturated rings. The molecule has 0 amide bonds. The molecule has 5 nitrogen and oxygen atoms in total. The Kier molecular flexibility index (Phi) is 4.43. The van der Waals surface area contributed by atoms with Gasteiger partial charge in [0.25, 0.3) is 0 Å². The summed E-state index contributed by atoms with van der Waals surface area (Å²) in [5.74, 6) is -0.310. The van der Waals surface area contributed by atoms with E-state index in [0.717, 1.165) is 5.56 Å². The Morgan fingerprint density at radius 2 is 1.95 bits per heavy atom. The van der Waals surface area contributed by atoms with Gasteiger partial charge in [0.15, 0.2) is 5.76 Å². The fourth-order valence-electron chi connectivity index (χ4n) is 1.96. The third-order valence-electron chi connectivity index (χ3n) is 3.34. The first kappa shape index (κ1) is 15.7. The Morgan fingerprint density at radius 1 is 1.33 bits per heavy atom. The monoisotopic (exact) mass is 312 g/mol. The molecule has 0 N–H and O–H groups in total. The fourth-order valence-corrected chi connectivity index (χ4v) is 3.26. The second-order valence-corrected chi connectivity index (χ2v) is 6.96. The zero-order chi connectivity index (χ0) is 15.6. The van der Waals surface area contributed by atoms with Gasteiger partial charge >= 0.3 is 0 Å². The second kappa shape index (κ2) is 5.95. The molecule has 0 aliphatic carbocycles. The molecule has 0 bridgehead atoms. The molecule has 0 radical (unpaired) electrons. The van der Waals surface area contributed by atoms with Gasteiger partial charge in [0.05, 0.1) is 5.69 Å². The predicted octanol–water partition coefficient (Wildman–Crippen LogP) is 2.64. The topological polar surface area (TPSA) is 63.4 Å². The highest BCUT2D eigenvalue weighted by molar-refractivity contribution is 7.88. The molecule has 7 heteroatoms. The SMILES string of the molecule is Cc1cc(CS(=O)(=O)N(C)[C@H](C)c2ccc(F)cc2)on1. The number of rotatable bonds is 5. The van der Waals surface area contributed by atoms with Crippen molar-refractivity contribution in [1.82, 2.24) is 9.46 Å². The van der Waals surface area contributed by atoms with Crippen molar-refractivity contribution in [1.29, 1.82) is 0 Å². The Bertz CT molecular complexity index is 710. The Hall–Kier alpha value is -1.73. The lowest BCUT2D eigenvalue weighted by molar-refractivity contribution is 0.373. The number of nitrogens with zero attached hydrogens (tertiary/aromatic N) is 2. The molecule has 1 heterocycles. The van der Waals surface area contributed by atoms with Crippen LogP contribution in [0.25, 0.3) is 0 Å². The maximum atomic E-state index is 12.9. The molecule has 0 saturated heterocycles. The third-order valence-corrected chi connectivity index (χ3v) is 5.18. The van der Waals surface area contributed by atoms with Gasteiger partial charge in [0, 0.05) is 19.2 Å². The van der Waals surface area contributed by atoms with Crippen LogP contribution in [0.4, 0.5) is 4.39 Å². The minimum absolute atomic E-state index is 0.254. The Labute approximate surface area is 123 Å². The summed E-state index contributed by atoms with van der Waals surface area (Å²) in [5, 5.41) is 3.67. The molecule has 0 saturated carbocycles. The molecule has 2 aromatic rings. The lowest BCUT2D eigenvalue weighted by Crippen LogP contribution is -2.30. The minimum Gasteiger partial charge on any atom is -0.360 e. The maximum Gasteiger partial charge on any atom is 0.221 e. The van der Waals surface area contributed by atoms with E-state index in [9.17, 15) is 12.8 Å². The molecule has 1 atom stereocenters. The molecular formula is C14H17FN2O3S. The maximum absolute atomic E-state index is 12.9. The van der Waals surface area contributed by atoms with Crippen molar-refractivity contribution in [3.05, 3.63) is 53.2 Å². The molecule has 21 heavy (non-hydrogen) atoms. The van der Waals surface area contributed by atoms with E-state index < -0.39 is 16.1 Å². The van der Waals surface area contributed by atoms with Gasteiger partial charge in [-0.25, -0.2) is 12.8 Å². The van der Waals surface area contributed by atoms with Crippen molar-refractivity contribution >= 4 is 10.0 Å². The van der Waals surface area contributed by atoms with Crippen molar-refractivity contribution < 1.29 is 17.3 Å². The van der Waals surface area contributed by atoms with Crippen molar-refractivity contribution in [3.8, 4) is 0 Å². The normalized spacial score (nSPS) is 13.6. The summed E-state index contributed by atoms with van der Waals surface area (Å²) in [6.07, 6.45) is 0. The second-order valence-electron chi connectivity index (χ2n) is 4.93. The average Bonchev–Trinajstić information content (AvgIpc) is 2.82. The third kappa shape index (κ3) is 3.68. The summed E-state index contributed by atoms with van der Waals surface area (Å²) >= 11 is 0. The van der Waals surface area contributed by atoms with E-state index in [-0.39, 0.29) is 11.6 Å². The number of hydrogen-bond donors (Lipinski definition) is 0. The number of aryl methyl sites for hydroxylation is 1.